The zero-order valence-electron chi connectivity index (χ0n) is 17.9. The topological polar surface area (TPSA) is 88.3 Å². The van der Waals surface area contributed by atoms with Crippen LogP contribution in [0.3, 0.4) is 0 Å². The molecule has 0 atom stereocenters. The highest BCUT2D eigenvalue weighted by Crippen LogP contribution is 2.21. The number of anilines is 3. The molecule has 0 unspecified atom stereocenters. The molecule has 4 aromatic rings. The molecule has 0 spiro atoms. The maximum atomic E-state index is 12.9. The van der Waals surface area contributed by atoms with Gasteiger partial charge in [-0.25, -0.2) is 4.79 Å². The normalized spacial score (nSPS) is 10.6. The van der Waals surface area contributed by atoms with Crippen LogP contribution in [0.5, 0.6) is 0 Å². The Morgan fingerprint density at radius 3 is 2.22 bits per heavy atom. The Labute approximate surface area is 186 Å². The van der Waals surface area contributed by atoms with Gasteiger partial charge in [-0.3, -0.25) is 4.79 Å². The third kappa shape index (κ3) is 4.89. The number of rotatable bonds is 6. The largest absolute Gasteiger partial charge is 0.467 e. The van der Waals surface area contributed by atoms with Crippen LogP contribution in [0.25, 0.3) is 0 Å². The van der Waals surface area contributed by atoms with Crippen molar-refractivity contribution in [2.75, 3.05) is 16.0 Å². The second kappa shape index (κ2) is 9.26. The van der Waals surface area contributed by atoms with Crippen LogP contribution in [0.1, 0.15) is 27.5 Å². The van der Waals surface area contributed by atoms with E-state index in [9.17, 15) is 9.59 Å². The summed E-state index contributed by atoms with van der Waals surface area (Å²) in [4.78, 5) is 25.2. The average molecular weight is 428 g/mol. The Morgan fingerprint density at radius 1 is 0.812 bits per heavy atom. The number of hydrogen-bond acceptors (Lipinski definition) is 3. The Bertz CT molecular complexity index is 1230. The molecule has 0 aliphatic heterocycles. The Kier molecular flexibility index (Phi) is 6.07. The SMILES string of the molecule is Cc1cc(C(=O)Nc2cccc(NC(=O)Nc3ccccc3)c2)c(C)n1Cc1ccco1. The lowest BCUT2D eigenvalue weighted by molar-refractivity contribution is 0.102. The van der Waals surface area contributed by atoms with Gasteiger partial charge in [0.25, 0.3) is 5.91 Å². The molecule has 2 heterocycles. The monoisotopic (exact) mass is 428 g/mol. The van der Waals surface area contributed by atoms with E-state index in [0.29, 0.717) is 29.2 Å². The lowest BCUT2D eigenvalue weighted by Gasteiger charge is -2.11. The molecule has 2 aromatic carbocycles. The molecule has 0 fully saturated rings. The maximum absolute atomic E-state index is 12.9. The zero-order chi connectivity index (χ0) is 22.5. The summed E-state index contributed by atoms with van der Waals surface area (Å²) in [7, 11) is 0. The van der Waals surface area contributed by atoms with E-state index in [1.165, 1.54) is 0 Å². The van der Waals surface area contributed by atoms with Crippen LogP contribution in [0, 0.1) is 13.8 Å². The van der Waals surface area contributed by atoms with Crippen molar-refractivity contribution in [2.24, 2.45) is 0 Å². The first-order chi connectivity index (χ1) is 15.5. The zero-order valence-corrected chi connectivity index (χ0v) is 17.9. The van der Waals surface area contributed by atoms with Gasteiger partial charge in [-0.15, -0.1) is 0 Å². The second-order valence-corrected chi connectivity index (χ2v) is 7.43. The van der Waals surface area contributed by atoms with Crippen LogP contribution in [0.2, 0.25) is 0 Å². The van der Waals surface area contributed by atoms with Gasteiger partial charge in [-0.2, -0.15) is 0 Å². The molecule has 0 aliphatic carbocycles. The van der Waals surface area contributed by atoms with Crippen molar-refractivity contribution in [3.8, 4) is 0 Å². The summed E-state index contributed by atoms with van der Waals surface area (Å²) >= 11 is 0. The van der Waals surface area contributed by atoms with E-state index in [1.807, 2.05) is 54.8 Å². The van der Waals surface area contributed by atoms with E-state index >= 15 is 0 Å². The number of hydrogen-bond donors (Lipinski definition) is 3. The van der Waals surface area contributed by atoms with E-state index < -0.39 is 0 Å². The van der Waals surface area contributed by atoms with E-state index in [-0.39, 0.29) is 11.9 Å². The first-order valence-corrected chi connectivity index (χ1v) is 10.2. The van der Waals surface area contributed by atoms with Crippen LogP contribution in [0.4, 0.5) is 21.9 Å². The van der Waals surface area contributed by atoms with Gasteiger partial charge in [0.15, 0.2) is 0 Å². The van der Waals surface area contributed by atoms with E-state index in [4.69, 9.17) is 4.42 Å². The minimum Gasteiger partial charge on any atom is -0.467 e. The summed E-state index contributed by atoms with van der Waals surface area (Å²) in [5.74, 6) is 0.612. The Morgan fingerprint density at radius 2 is 1.50 bits per heavy atom. The molecule has 0 radical (unpaired) electrons. The van der Waals surface area contributed by atoms with Gasteiger partial charge in [0.05, 0.1) is 18.4 Å². The molecule has 0 saturated heterocycles. The van der Waals surface area contributed by atoms with Crippen molar-refractivity contribution in [1.82, 2.24) is 4.57 Å². The number of carbonyl (C=O) groups excluding carboxylic acids is 2. The van der Waals surface area contributed by atoms with E-state index in [0.717, 1.165) is 17.1 Å². The lowest BCUT2D eigenvalue weighted by Crippen LogP contribution is -2.19. The fourth-order valence-electron chi connectivity index (χ4n) is 3.52. The van der Waals surface area contributed by atoms with Crippen molar-refractivity contribution >= 4 is 29.0 Å². The van der Waals surface area contributed by atoms with Gasteiger partial charge in [0, 0.05) is 28.5 Å². The van der Waals surface area contributed by atoms with E-state index in [2.05, 4.69) is 16.0 Å². The fraction of sp³-hybridized carbons (Fsp3) is 0.120. The molecule has 2 aromatic heterocycles. The highest BCUT2D eigenvalue weighted by molar-refractivity contribution is 6.06. The summed E-state index contributed by atoms with van der Waals surface area (Å²) in [6, 6.07) is 21.5. The van der Waals surface area contributed by atoms with Gasteiger partial charge >= 0.3 is 6.03 Å². The average Bonchev–Trinajstić information content (AvgIpc) is 3.38. The predicted molar refractivity (Wildman–Crippen MR) is 125 cm³/mol. The fourth-order valence-corrected chi connectivity index (χ4v) is 3.52. The van der Waals surface area contributed by atoms with Crippen molar-refractivity contribution in [1.29, 1.82) is 0 Å². The minimum atomic E-state index is -0.360. The first-order valence-electron chi connectivity index (χ1n) is 10.2. The Balaban J connectivity index is 1.43. The Hall–Kier alpha value is -4.26. The molecule has 3 amide bonds. The number of aryl methyl sites for hydroxylation is 1. The molecule has 4 rings (SSSR count). The molecule has 3 N–H and O–H groups in total. The van der Waals surface area contributed by atoms with Crippen LogP contribution >= 0.6 is 0 Å². The summed E-state index contributed by atoms with van der Waals surface area (Å²) in [6.45, 7) is 4.44. The molecule has 162 valence electrons. The number of amides is 3. The third-order valence-electron chi connectivity index (χ3n) is 5.12. The van der Waals surface area contributed by atoms with Gasteiger partial charge in [0.2, 0.25) is 0 Å². The molecule has 7 heteroatoms. The van der Waals surface area contributed by atoms with E-state index in [1.54, 1.807) is 42.7 Å². The smallest absolute Gasteiger partial charge is 0.323 e. The third-order valence-corrected chi connectivity index (χ3v) is 5.12. The van der Waals surface area contributed by atoms with Crippen LogP contribution < -0.4 is 16.0 Å². The molecule has 7 nitrogen and oxygen atoms in total. The number of urea groups is 1. The van der Waals surface area contributed by atoms with Crippen molar-refractivity contribution in [2.45, 2.75) is 20.4 Å². The van der Waals surface area contributed by atoms with Gasteiger partial charge in [0.1, 0.15) is 5.76 Å². The van der Waals surface area contributed by atoms with Gasteiger partial charge in [-0.1, -0.05) is 24.3 Å². The van der Waals surface area contributed by atoms with Gasteiger partial charge < -0.3 is 24.9 Å². The molecule has 0 saturated carbocycles. The van der Waals surface area contributed by atoms with Crippen LogP contribution in [0.15, 0.2) is 83.5 Å². The van der Waals surface area contributed by atoms with Crippen molar-refractivity contribution in [3.05, 3.63) is 102 Å². The number of carbonyl (C=O) groups is 2. The standard InChI is InChI=1S/C25H24N4O3/c1-17-14-23(18(2)29(17)16-22-12-7-13-32-22)24(30)26-20-10-6-11-21(15-20)28-25(31)27-19-8-4-3-5-9-19/h3-15H,16H2,1-2H3,(H,26,30)(H2,27,28,31). The van der Waals surface area contributed by atoms with Gasteiger partial charge in [-0.05, 0) is 62.4 Å². The predicted octanol–water partition coefficient (Wildman–Crippen LogP) is 5.64. The molecule has 0 aliphatic rings. The lowest BCUT2D eigenvalue weighted by atomic mass is 10.2. The van der Waals surface area contributed by atoms with Crippen LogP contribution in [-0.2, 0) is 6.54 Å². The quantitative estimate of drug-likeness (QED) is 0.371. The molecular weight excluding hydrogens is 404 g/mol. The number of nitrogens with one attached hydrogen (secondary N) is 3. The highest BCUT2D eigenvalue weighted by atomic mass is 16.3. The first kappa shape index (κ1) is 21.0. The number of nitrogens with zero attached hydrogens (tertiary/aromatic N) is 1. The van der Waals surface area contributed by atoms with Crippen molar-refractivity contribution < 1.29 is 14.0 Å². The van der Waals surface area contributed by atoms with Crippen molar-refractivity contribution in [3.63, 3.8) is 0 Å². The number of benzene rings is 2. The number of aromatic nitrogens is 1. The maximum Gasteiger partial charge on any atom is 0.323 e. The summed E-state index contributed by atoms with van der Waals surface area (Å²) in [5.41, 5.74) is 4.27. The van der Waals surface area contributed by atoms with Crippen LogP contribution in [-0.4, -0.2) is 16.5 Å². The number of para-hydroxylation sites is 1. The molecular formula is C25H24N4O3. The minimum absolute atomic E-state index is 0.213. The number of furan rings is 1. The molecule has 0 bridgehead atoms. The molecule has 32 heavy (non-hydrogen) atoms. The summed E-state index contributed by atoms with van der Waals surface area (Å²) in [5, 5.41) is 8.45. The highest BCUT2D eigenvalue weighted by Gasteiger charge is 2.17. The second-order valence-electron chi connectivity index (χ2n) is 7.43. The summed E-state index contributed by atoms with van der Waals surface area (Å²) < 4.78 is 7.48. The summed E-state index contributed by atoms with van der Waals surface area (Å²) in [6.07, 6.45) is 1.64.